The standard InChI is InChI=1S/C8H15NO3/c1-2-12-7(10)8(11)5-3-4-6(8)9/h6,11H,2-5,9H2,1H3/t6-,8-/m1/s1. The van der Waals surface area contributed by atoms with Crippen molar-refractivity contribution in [3.05, 3.63) is 0 Å². The third-order valence-corrected chi connectivity index (χ3v) is 2.32. The van der Waals surface area contributed by atoms with Crippen molar-refractivity contribution in [2.45, 2.75) is 37.8 Å². The highest BCUT2D eigenvalue weighted by Gasteiger charge is 2.46. The molecule has 1 saturated carbocycles. The van der Waals surface area contributed by atoms with Gasteiger partial charge in [-0.25, -0.2) is 4.79 Å². The Bertz CT molecular complexity index is 183. The Hall–Kier alpha value is -0.610. The Kier molecular flexibility index (Phi) is 2.69. The second-order valence-corrected chi connectivity index (χ2v) is 3.14. The van der Waals surface area contributed by atoms with E-state index < -0.39 is 17.6 Å². The fourth-order valence-electron chi connectivity index (χ4n) is 1.53. The second kappa shape index (κ2) is 3.41. The summed E-state index contributed by atoms with van der Waals surface area (Å²) in [5, 5.41) is 9.76. The molecule has 0 saturated heterocycles. The maximum absolute atomic E-state index is 11.2. The molecule has 2 atom stereocenters. The van der Waals surface area contributed by atoms with E-state index >= 15 is 0 Å². The summed E-state index contributed by atoms with van der Waals surface area (Å²) in [4.78, 5) is 11.2. The van der Waals surface area contributed by atoms with Gasteiger partial charge < -0.3 is 15.6 Å². The highest BCUT2D eigenvalue weighted by Crippen LogP contribution is 2.29. The normalized spacial score (nSPS) is 35.1. The van der Waals surface area contributed by atoms with E-state index in [2.05, 4.69) is 0 Å². The monoisotopic (exact) mass is 173 g/mol. The number of hydrogen-bond acceptors (Lipinski definition) is 4. The van der Waals surface area contributed by atoms with Crippen LogP contribution in [-0.4, -0.2) is 29.3 Å². The van der Waals surface area contributed by atoms with Gasteiger partial charge in [0.1, 0.15) is 0 Å². The summed E-state index contributed by atoms with van der Waals surface area (Å²) in [7, 11) is 0. The second-order valence-electron chi connectivity index (χ2n) is 3.14. The van der Waals surface area contributed by atoms with Crippen molar-refractivity contribution in [3.8, 4) is 0 Å². The lowest BCUT2D eigenvalue weighted by atomic mass is 9.99. The summed E-state index contributed by atoms with van der Waals surface area (Å²) in [6, 6.07) is -0.462. The lowest BCUT2D eigenvalue weighted by Crippen LogP contribution is -2.50. The van der Waals surface area contributed by atoms with E-state index in [1.54, 1.807) is 6.92 Å². The van der Waals surface area contributed by atoms with Gasteiger partial charge in [0.05, 0.1) is 6.61 Å². The summed E-state index contributed by atoms with van der Waals surface area (Å²) in [6.45, 7) is 2.00. The Morgan fingerprint density at radius 1 is 1.83 bits per heavy atom. The predicted octanol–water partition coefficient (Wildman–Crippen LogP) is -0.208. The number of ether oxygens (including phenoxy) is 1. The van der Waals surface area contributed by atoms with Crippen molar-refractivity contribution in [1.29, 1.82) is 0 Å². The van der Waals surface area contributed by atoms with Crippen LogP contribution in [-0.2, 0) is 9.53 Å². The third kappa shape index (κ3) is 1.44. The Labute approximate surface area is 71.7 Å². The molecule has 1 aliphatic carbocycles. The fourth-order valence-corrected chi connectivity index (χ4v) is 1.53. The highest BCUT2D eigenvalue weighted by atomic mass is 16.5. The first-order valence-electron chi connectivity index (χ1n) is 4.26. The molecule has 1 rings (SSSR count). The van der Waals surface area contributed by atoms with Crippen molar-refractivity contribution >= 4 is 5.97 Å². The largest absolute Gasteiger partial charge is 0.464 e. The number of carbonyl (C=O) groups excluding carboxylic acids is 1. The van der Waals surface area contributed by atoms with Gasteiger partial charge in [-0.2, -0.15) is 0 Å². The van der Waals surface area contributed by atoms with Crippen molar-refractivity contribution < 1.29 is 14.6 Å². The number of carbonyl (C=O) groups is 1. The van der Waals surface area contributed by atoms with Crippen LogP contribution in [0.2, 0.25) is 0 Å². The molecular weight excluding hydrogens is 158 g/mol. The first-order valence-corrected chi connectivity index (χ1v) is 4.26. The molecule has 0 heterocycles. The summed E-state index contributed by atoms with van der Waals surface area (Å²) < 4.78 is 4.73. The van der Waals surface area contributed by atoms with E-state index in [-0.39, 0.29) is 6.61 Å². The molecule has 0 spiro atoms. The van der Waals surface area contributed by atoms with E-state index in [0.717, 1.165) is 6.42 Å². The molecule has 0 unspecified atom stereocenters. The van der Waals surface area contributed by atoms with Gasteiger partial charge in [-0.3, -0.25) is 0 Å². The molecule has 3 N–H and O–H groups in total. The Balaban J connectivity index is 2.63. The van der Waals surface area contributed by atoms with Crippen LogP contribution in [0.25, 0.3) is 0 Å². The number of rotatable bonds is 2. The van der Waals surface area contributed by atoms with Gasteiger partial charge in [-0.05, 0) is 26.2 Å². The quantitative estimate of drug-likeness (QED) is 0.567. The Morgan fingerprint density at radius 3 is 2.92 bits per heavy atom. The van der Waals surface area contributed by atoms with E-state index in [1.807, 2.05) is 0 Å². The summed E-state index contributed by atoms with van der Waals surface area (Å²) in [5.74, 6) is -0.574. The zero-order chi connectivity index (χ0) is 9.19. The third-order valence-electron chi connectivity index (χ3n) is 2.32. The van der Waals surface area contributed by atoms with Crippen molar-refractivity contribution in [1.82, 2.24) is 0 Å². The molecule has 4 heteroatoms. The first-order chi connectivity index (χ1) is 5.61. The van der Waals surface area contributed by atoms with Crippen LogP contribution in [0.4, 0.5) is 0 Å². The van der Waals surface area contributed by atoms with Gasteiger partial charge in [0.15, 0.2) is 5.60 Å². The minimum atomic E-state index is -1.42. The van der Waals surface area contributed by atoms with Crippen LogP contribution in [0.1, 0.15) is 26.2 Å². The summed E-state index contributed by atoms with van der Waals surface area (Å²) in [5.41, 5.74) is 4.17. The molecule has 0 aromatic carbocycles. The smallest absolute Gasteiger partial charge is 0.339 e. The first kappa shape index (κ1) is 9.48. The molecule has 0 aromatic rings. The van der Waals surface area contributed by atoms with Gasteiger partial charge >= 0.3 is 5.97 Å². The fraction of sp³-hybridized carbons (Fsp3) is 0.875. The zero-order valence-electron chi connectivity index (χ0n) is 7.25. The van der Waals surface area contributed by atoms with Gasteiger partial charge in [0, 0.05) is 6.04 Å². The van der Waals surface area contributed by atoms with Crippen LogP contribution in [0.3, 0.4) is 0 Å². The minimum Gasteiger partial charge on any atom is -0.464 e. The number of aliphatic hydroxyl groups is 1. The van der Waals surface area contributed by atoms with Crippen LogP contribution in [0.15, 0.2) is 0 Å². The SMILES string of the molecule is CCOC(=O)[C@@]1(O)CCC[C@H]1N. The average Bonchev–Trinajstić information content (AvgIpc) is 2.34. The number of hydrogen-bond donors (Lipinski definition) is 2. The van der Waals surface area contributed by atoms with E-state index in [0.29, 0.717) is 12.8 Å². The van der Waals surface area contributed by atoms with E-state index in [9.17, 15) is 9.90 Å². The molecule has 0 aromatic heterocycles. The molecule has 4 nitrogen and oxygen atoms in total. The molecule has 0 amide bonds. The predicted molar refractivity (Wildman–Crippen MR) is 43.4 cm³/mol. The minimum absolute atomic E-state index is 0.286. The maximum Gasteiger partial charge on any atom is 0.339 e. The van der Waals surface area contributed by atoms with Crippen molar-refractivity contribution in [2.75, 3.05) is 6.61 Å². The number of nitrogens with two attached hydrogens (primary N) is 1. The molecular formula is C8H15NO3. The van der Waals surface area contributed by atoms with Crippen LogP contribution in [0.5, 0.6) is 0 Å². The Morgan fingerprint density at radius 2 is 2.50 bits per heavy atom. The van der Waals surface area contributed by atoms with E-state index in [4.69, 9.17) is 10.5 Å². The lowest BCUT2D eigenvalue weighted by Gasteiger charge is -2.24. The van der Waals surface area contributed by atoms with Crippen LogP contribution in [0, 0.1) is 0 Å². The van der Waals surface area contributed by atoms with Gasteiger partial charge in [-0.1, -0.05) is 0 Å². The van der Waals surface area contributed by atoms with Crippen LogP contribution >= 0.6 is 0 Å². The van der Waals surface area contributed by atoms with Crippen molar-refractivity contribution in [2.24, 2.45) is 5.73 Å². The van der Waals surface area contributed by atoms with Gasteiger partial charge in [0.25, 0.3) is 0 Å². The lowest BCUT2D eigenvalue weighted by molar-refractivity contribution is -0.165. The summed E-state index contributed by atoms with van der Waals surface area (Å²) >= 11 is 0. The summed E-state index contributed by atoms with van der Waals surface area (Å²) in [6.07, 6.45) is 1.90. The zero-order valence-corrected chi connectivity index (χ0v) is 7.25. The molecule has 12 heavy (non-hydrogen) atoms. The van der Waals surface area contributed by atoms with Crippen molar-refractivity contribution in [3.63, 3.8) is 0 Å². The molecule has 70 valence electrons. The number of esters is 1. The van der Waals surface area contributed by atoms with Crippen LogP contribution < -0.4 is 5.73 Å². The maximum atomic E-state index is 11.2. The molecule has 0 aliphatic heterocycles. The average molecular weight is 173 g/mol. The molecule has 1 aliphatic rings. The van der Waals surface area contributed by atoms with Gasteiger partial charge in [0.2, 0.25) is 0 Å². The van der Waals surface area contributed by atoms with E-state index in [1.165, 1.54) is 0 Å². The molecule has 1 fully saturated rings. The molecule has 0 radical (unpaired) electrons. The molecule has 0 bridgehead atoms. The topological polar surface area (TPSA) is 72.5 Å². The van der Waals surface area contributed by atoms with Gasteiger partial charge in [-0.15, -0.1) is 0 Å². The highest BCUT2D eigenvalue weighted by molar-refractivity contribution is 5.80.